The van der Waals surface area contributed by atoms with E-state index in [4.69, 9.17) is 0 Å². The molecule has 1 aliphatic rings. The third-order valence-electron chi connectivity index (χ3n) is 3.14. The lowest BCUT2D eigenvalue weighted by atomic mass is 9.85. The van der Waals surface area contributed by atoms with Gasteiger partial charge in [0.05, 0.1) is 0 Å². The topological polar surface area (TPSA) is 30.7 Å². The largest absolute Gasteiger partial charge is 0.243 e. The molecular weight excluding hydrogens is 254 g/mol. The van der Waals surface area contributed by atoms with E-state index in [9.17, 15) is 0 Å². The second kappa shape index (κ2) is 3.59. The molecule has 0 unspecified atom stereocenters. The maximum atomic E-state index is 4.21. The first-order valence-corrected chi connectivity index (χ1v) is 6.11. The summed E-state index contributed by atoms with van der Waals surface area (Å²) in [5.74, 6) is 0.807. The normalized spacial score (nSPS) is 16.9. The zero-order chi connectivity index (χ0) is 10.3. The first-order chi connectivity index (χ1) is 7.34. The molecule has 3 nitrogen and oxygen atoms in total. The minimum absolute atomic E-state index is 0.807. The first kappa shape index (κ1) is 9.33. The summed E-state index contributed by atoms with van der Waals surface area (Å²) < 4.78 is 3.12. The van der Waals surface area contributed by atoms with Crippen LogP contribution >= 0.6 is 15.9 Å². The molecule has 1 saturated carbocycles. The maximum Gasteiger partial charge on any atom is 0.114 e. The lowest BCUT2D eigenvalue weighted by Crippen LogP contribution is -2.18. The van der Waals surface area contributed by atoms with Gasteiger partial charge in [0.2, 0.25) is 0 Å². The van der Waals surface area contributed by atoms with Crippen LogP contribution in [0.4, 0.5) is 0 Å². The van der Waals surface area contributed by atoms with Gasteiger partial charge in [-0.2, -0.15) is 0 Å². The molecule has 0 atom stereocenters. The van der Waals surface area contributed by atoms with Crippen molar-refractivity contribution in [3.05, 3.63) is 22.7 Å². The summed E-state index contributed by atoms with van der Waals surface area (Å²) in [5.41, 5.74) is 2.10. The molecular formula is C11H12BrN3. The first-order valence-electron chi connectivity index (χ1n) is 5.32. The lowest BCUT2D eigenvalue weighted by molar-refractivity contribution is 0.267. The van der Waals surface area contributed by atoms with Crippen molar-refractivity contribution < 1.29 is 0 Å². The van der Waals surface area contributed by atoms with E-state index < -0.39 is 0 Å². The second-order valence-corrected chi connectivity index (χ2v) is 5.03. The molecule has 0 amide bonds. The Morgan fingerprint density at radius 1 is 1.40 bits per heavy atom. The minimum Gasteiger partial charge on any atom is -0.243 e. The molecule has 1 heterocycles. The average Bonchev–Trinajstić information content (AvgIpc) is 2.56. The number of para-hydroxylation sites is 1. The van der Waals surface area contributed by atoms with Gasteiger partial charge in [0.1, 0.15) is 11.0 Å². The summed E-state index contributed by atoms with van der Waals surface area (Å²) in [7, 11) is 0. The van der Waals surface area contributed by atoms with Crippen LogP contribution in [-0.2, 0) is 6.54 Å². The van der Waals surface area contributed by atoms with E-state index in [1.54, 1.807) is 0 Å². The molecule has 0 bridgehead atoms. The number of rotatable bonds is 2. The highest BCUT2D eigenvalue weighted by Gasteiger charge is 2.19. The second-order valence-electron chi connectivity index (χ2n) is 4.18. The monoisotopic (exact) mass is 265 g/mol. The summed E-state index contributed by atoms with van der Waals surface area (Å²) in [6, 6.07) is 6.04. The molecule has 0 N–H and O–H groups in total. The predicted molar refractivity (Wildman–Crippen MR) is 62.6 cm³/mol. The van der Waals surface area contributed by atoms with E-state index >= 15 is 0 Å². The highest BCUT2D eigenvalue weighted by molar-refractivity contribution is 9.10. The molecule has 0 aliphatic heterocycles. The molecule has 2 aromatic rings. The highest BCUT2D eigenvalue weighted by atomic mass is 79.9. The summed E-state index contributed by atoms with van der Waals surface area (Å²) in [6.07, 6.45) is 4.05. The third-order valence-corrected chi connectivity index (χ3v) is 3.78. The number of halogens is 1. The molecule has 1 aliphatic carbocycles. The van der Waals surface area contributed by atoms with Crippen molar-refractivity contribution in [1.82, 2.24) is 15.0 Å². The van der Waals surface area contributed by atoms with Crippen LogP contribution in [0.1, 0.15) is 19.3 Å². The predicted octanol–water partition coefficient (Wildman–Crippen LogP) is 2.99. The summed E-state index contributed by atoms with van der Waals surface area (Å²) in [6.45, 7) is 1.01. The van der Waals surface area contributed by atoms with Crippen LogP contribution in [-0.4, -0.2) is 15.0 Å². The van der Waals surface area contributed by atoms with Crippen LogP contribution in [0.3, 0.4) is 0 Å². The van der Waals surface area contributed by atoms with Gasteiger partial charge in [0, 0.05) is 11.0 Å². The van der Waals surface area contributed by atoms with Crippen molar-refractivity contribution in [2.45, 2.75) is 25.8 Å². The summed E-state index contributed by atoms with van der Waals surface area (Å²) in [4.78, 5) is 0. The van der Waals surface area contributed by atoms with Crippen molar-refractivity contribution in [2.24, 2.45) is 5.92 Å². The van der Waals surface area contributed by atoms with Crippen molar-refractivity contribution in [3.63, 3.8) is 0 Å². The number of hydrogen-bond donors (Lipinski definition) is 0. The molecule has 0 radical (unpaired) electrons. The fourth-order valence-corrected chi connectivity index (χ4v) is 2.60. The van der Waals surface area contributed by atoms with Crippen molar-refractivity contribution in [1.29, 1.82) is 0 Å². The zero-order valence-corrected chi connectivity index (χ0v) is 9.94. The van der Waals surface area contributed by atoms with Gasteiger partial charge in [-0.3, -0.25) is 0 Å². The van der Waals surface area contributed by atoms with E-state index in [1.165, 1.54) is 19.3 Å². The standard InChI is InChI=1S/C11H12BrN3/c12-9-5-2-6-10-11(9)15(14-13-10)7-8-3-1-4-8/h2,5-6,8H,1,3-4,7H2. The minimum atomic E-state index is 0.807. The molecule has 78 valence electrons. The molecule has 15 heavy (non-hydrogen) atoms. The Hall–Kier alpha value is -0.900. The van der Waals surface area contributed by atoms with Crippen LogP contribution in [0.25, 0.3) is 11.0 Å². The fourth-order valence-electron chi connectivity index (χ4n) is 2.03. The van der Waals surface area contributed by atoms with Gasteiger partial charge in [0.25, 0.3) is 0 Å². The number of nitrogens with zero attached hydrogens (tertiary/aromatic N) is 3. The summed E-state index contributed by atoms with van der Waals surface area (Å²) in [5, 5.41) is 8.39. The molecule has 1 aromatic carbocycles. The molecule has 0 saturated heterocycles. The van der Waals surface area contributed by atoms with Gasteiger partial charge in [-0.05, 0) is 46.8 Å². The van der Waals surface area contributed by atoms with E-state index in [2.05, 4.69) is 26.2 Å². The fraction of sp³-hybridized carbons (Fsp3) is 0.455. The van der Waals surface area contributed by atoms with Gasteiger partial charge in [-0.1, -0.05) is 17.7 Å². The van der Waals surface area contributed by atoms with E-state index in [-0.39, 0.29) is 0 Å². The molecule has 4 heteroatoms. The Morgan fingerprint density at radius 3 is 3.00 bits per heavy atom. The average molecular weight is 266 g/mol. The van der Waals surface area contributed by atoms with Crippen LogP contribution in [0, 0.1) is 5.92 Å². The number of aromatic nitrogens is 3. The van der Waals surface area contributed by atoms with Crippen molar-refractivity contribution in [3.8, 4) is 0 Å². The van der Waals surface area contributed by atoms with Gasteiger partial charge in [0.15, 0.2) is 0 Å². The number of hydrogen-bond acceptors (Lipinski definition) is 2. The Bertz CT molecular complexity index is 488. The Kier molecular flexibility index (Phi) is 2.24. The highest BCUT2D eigenvalue weighted by Crippen LogP contribution is 2.30. The van der Waals surface area contributed by atoms with Crippen LogP contribution < -0.4 is 0 Å². The Morgan fingerprint density at radius 2 is 2.27 bits per heavy atom. The van der Waals surface area contributed by atoms with Gasteiger partial charge in [-0.15, -0.1) is 5.10 Å². The molecule has 0 spiro atoms. The lowest BCUT2D eigenvalue weighted by Gasteiger charge is -2.24. The number of benzene rings is 1. The molecule has 1 fully saturated rings. The maximum absolute atomic E-state index is 4.21. The molecule has 1 aromatic heterocycles. The third kappa shape index (κ3) is 1.57. The quantitative estimate of drug-likeness (QED) is 0.836. The van der Waals surface area contributed by atoms with Gasteiger partial charge < -0.3 is 0 Å². The van der Waals surface area contributed by atoms with Crippen molar-refractivity contribution >= 4 is 27.0 Å². The van der Waals surface area contributed by atoms with E-state index in [1.807, 2.05) is 22.9 Å². The SMILES string of the molecule is Brc1cccc2nnn(CC3CCC3)c12. The van der Waals surface area contributed by atoms with E-state index in [0.29, 0.717) is 0 Å². The summed E-state index contributed by atoms with van der Waals surface area (Å²) >= 11 is 3.56. The van der Waals surface area contributed by atoms with Crippen LogP contribution in [0.2, 0.25) is 0 Å². The van der Waals surface area contributed by atoms with E-state index in [0.717, 1.165) is 28.0 Å². The van der Waals surface area contributed by atoms with Crippen LogP contribution in [0.5, 0.6) is 0 Å². The Balaban J connectivity index is 2.02. The molecule has 3 rings (SSSR count). The Labute approximate surface area is 96.6 Å². The number of fused-ring (bicyclic) bond motifs is 1. The van der Waals surface area contributed by atoms with Gasteiger partial charge >= 0.3 is 0 Å². The smallest absolute Gasteiger partial charge is 0.114 e. The van der Waals surface area contributed by atoms with Gasteiger partial charge in [-0.25, -0.2) is 4.68 Å². The zero-order valence-electron chi connectivity index (χ0n) is 8.36. The van der Waals surface area contributed by atoms with Crippen LogP contribution in [0.15, 0.2) is 22.7 Å². The van der Waals surface area contributed by atoms with Crippen molar-refractivity contribution in [2.75, 3.05) is 0 Å².